The fourth-order valence-electron chi connectivity index (χ4n) is 2.52. The SMILES string of the molecule is ClC[SiH](CC[SiH](CCl)c1ccccc1)c1ccccc1. The van der Waals surface area contributed by atoms with Crippen LogP contribution in [0.15, 0.2) is 60.7 Å². The molecular weight excluding hydrogens is 319 g/mol. The van der Waals surface area contributed by atoms with Gasteiger partial charge >= 0.3 is 0 Å². The van der Waals surface area contributed by atoms with Crippen LogP contribution < -0.4 is 10.4 Å². The third kappa shape index (κ3) is 4.49. The van der Waals surface area contributed by atoms with E-state index in [1.807, 2.05) is 0 Å². The van der Waals surface area contributed by atoms with Crippen molar-refractivity contribution in [1.29, 1.82) is 0 Å². The van der Waals surface area contributed by atoms with Crippen LogP contribution in [0.3, 0.4) is 0 Å². The van der Waals surface area contributed by atoms with Crippen LogP contribution in [0.1, 0.15) is 0 Å². The Hall–Kier alpha value is -0.546. The molecule has 0 fully saturated rings. The molecule has 2 atom stereocenters. The van der Waals surface area contributed by atoms with Crippen molar-refractivity contribution in [3.05, 3.63) is 60.7 Å². The molecule has 0 saturated carbocycles. The summed E-state index contributed by atoms with van der Waals surface area (Å²) in [6.07, 6.45) is 0. The van der Waals surface area contributed by atoms with Gasteiger partial charge in [-0.3, -0.25) is 0 Å². The number of rotatable bonds is 7. The third-order valence-corrected chi connectivity index (χ3v) is 12.1. The third-order valence-electron chi connectivity index (χ3n) is 3.78. The van der Waals surface area contributed by atoms with Gasteiger partial charge in [-0.2, -0.15) is 0 Å². The standard InChI is InChI=1S/C16H20Cl2Si2/c17-13-19(15-7-3-1-4-8-15)11-12-20(14-18)16-9-5-2-6-10-16/h1-10,19-20H,11-14H2. The van der Waals surface area contributed by atoms with Crippen molar-refractivity contribution in [3.8, 4) is 0 Å². The molecule has 4 heteroatoms. The Bertz CT molecular complexity index is 443. The molecule has 0 heterocycles. The van der Waals surface area contributed by atoms with Gasteiger partial charge in [-0.05, 0) is 0 Å². The van der Waals surface area contributed by atoms with Crippen LogP contribution in [0, 0.1) is 0 Å². The van der Waals surface area contributed by atoms with Crippen LogP contribution in [0.5, 0.6) is 0 Å². The van der Waals surface area contributed by atoms with E-state index >= 15 is 0 Å². The van der Waals surface area contributed by atoms with E-state index in [-0.39, 0.29) is 0 Å². The Morgan fingerprint density at radius 2 is 0.950 bits per heavy atom. The molecule has 2 aromatic carbocycles. The second kappa shape index (κ2) is 8.68. The monoisotopic (exact) mass is 338 g/mol. The van der Waals surface area contributed by atoms with Gasteiger partial charge in [0, 0.05) is 11.0 Å². The molecule has 0 N–H and O–H groups in total. The van der Waals surface area contributed by atoms with Crippen molar-refractivity contribution >= 4 is 51.2 Å². The summed E-state index contributed by atoms with van der Waals surface area (Å²) in [7, 11) is -2.05. The number of alkyl halides is 2. The van der Waals surface area contributed by atoms with Gasteiger partial charge in [-0.25, -0.2) is 0 Å². The quantitative estimate of drug-likeness (QED) is 0.538. The zero-order chi connectivity index (χ0) is 14.2. The zero-order valence-electron chi connectivity index (χ0n) is 11.5. The number of halogens is 2. The van der Waals surface area contributed by atoms with Crippen LogP contribution in [-0.2, 0) is 0 Å². The molecule has 0 aromatic heterocycles. The number of hydrogen-bond acceptors (Lipinski definition) is 0. The van der Waals surface area contributed by atoms with Crippen LogP contribution in [0.25, 0.3) is 0 Å². The highest BCUT2D eigenvalue weighted by molar-refractivity contribution is 6.83. The molecule has 0 spiro atoms. The van der Waals surface area contributed by atoms with Gasteiger partial charge in [0.15, 0.2) is 0 Å². The summed E-state index contributed by atoms with van der Waals surface area (Å²) < 4.78 is 0. The van der Waals surface area contributed by atoms with Crippen molar-refractivity contribution in [2.75, 3.05) is 11.0 Å². The Balaban J connectivity index is 1.99. The summed E-state index contributed by atoms with van der Waals surface area (Å²) in [5.74, 6) is 0. The fraction of sp³-hybridized carbons (Fsp3) is 0.250. The average Bonchev–Trinajstić information content (AvgIpc) is 2.53. The van der Waals surface area contributed by atoms with Gasteiger partial charge in [0.1, 0.15) is 0 Å². The molecule has 0 aliphatic carbocycles. The topological polar surface area (TPSA) is 0 Å². The molecule has 0 aliphatic heterocycles. The van der Waals surface area contributed by atoms with E-state index in [0.717, 1.165) is 11.0 Å². The Labute approximate surface area is 135 Å². The minimum absolute atomic E-state index is 0.822. The average molecular weight is 339 g/mol. The van der Waals surface area contributed by atoms with Crippen molar-refractivity contribution in [2.45, 2.75) is 12.1 Å². The van der Waals surface area contributed by atoms with Crippen molar-refractivity contribution in [2.24, 2.45) is 0 Å². The molecule has 0 saturated heterocycles. The number of benzene rings is 2. The van der Waals surface area contributed by atoms with Gasteiger partial charge < -0.3 is 0 Å². The number of hydrogen-bond donors (Lipinski definition) is 0. The van der Waals surface area contributed by atoms with Gasteiger partial charge in [0.25, 0.3) is 0 Å². The largest absolute Gasteiger partial charge is 0.130 e. The second-order valence-corrected chi connectivity index (χ2v) is 12.8. The lowest BCUT2D eigenvalue weighted by Crippen LogP contribution is -2.37. The first-order chi connectivity index (χ1) is 9.85. The predicted molar refractivity (Wildman–Crippen MR) is 97.5 cm³/mol. The second-order valence-electron chi connectivity index (χ2n) is 5.10. The van der Waals surface area contributed by atoms with Gasteiger partial charge in [0.2, 0.25) is 0 Å². The smallest absolute Gasteiger partial charge is 0.0864 e. The molecule has 20 heavy (non-hydrogen) atoms. The molecular formula is C16H20Cl2Si2. The fourth-order valence-corrected chi connectivity index (χ4v) is 10.6. The Morgan fingerprint density at radius 1 is 0.600 bits per heavy atom. The highest BCUT2D eigenvalue weighted by Gasteiger charge is 2.17. The Morgan fingerprint density at radius 3 is 1.25 bits per heavy atom. The van der Waals surface area contributed by atoms with E-state index < -0.39 is 17.6 Å². The minimum Gasteiger partial charge on any atom is -0.130 e. The molecule has 2 rings (SSSR count). The molecule has 106 valence electrons. The van der Waals surface area contributed by atoms with E-state index in [4.69, 9.17) is 23.2 Å². The maximum atomic E-state index is 6.22. The summed E-state index contributed by atoms with van der Waals surface area (Å²) in [4.78, 5) is 0. The minimum atomic E-state index is -1.02. The summed E-state index contributed by atoms with van der Waals surface area (Å²) in [5, 5.41) is 2.97. The van der Waals surface area contributed by atoms with Crippen molar-refractivity contribution in [1.82, 2.24) is 0 Å². The summed E-state index contributed by atoms with van der Waals surface area (Å²) >= 11 is 12.4. The first-order valence-corrected chi connectivity index (χ1v) is 12.6. The molecule has 2 aromatic rings. The maximum Gasteiger partial charge on any atom is 0.0864 e. The van der Waals surface area contributed by atoms with Crippen LogP contribution in [0.4, 0.5) is 0 Å². The maximum absolute atomic E-state index is 6.22. The van der Waals surface area contributed by atoms with E-state index in [0.29, 0.717) is 0 Å². The lowest BCUT2D eigenvalue weighted by molar-refractivity contribution is 1.36. The first kappa shape index (κ1) is 15.8. The normalized spacial score (nSPS) is 13.9. The summed E-state index contributed by atoms with van der Waals surface area (Å²) in [5.41, 5.74) is 1.64. The van der Waals surface area contributed by atoms with E-state index in [9.17, 15) is 0 Å². The first-order valence-electron chi connectivity index (χ1n) is 7.07. The molecule has 0 bridgehead atoms. The summed E-state index contributed by atoms with van der Waals surface area (Å²) in [6, 6.07) is 24.1. The predicted octanol–water partition coefficient (Wildman–Crippen LogP) is 2.81. The van der Waals surface area contributed by atoms with Gasteiger partial charge in [-0.15, -0.1) is 23.2 Å². The molecule has 0 amide bonds. The lowest BCUT2D eigenvalue weighted by atomic mass is 10.4. The van der Waals surface area contributed by atoms with E-state index in [1.165, 1.54) is 22.5 Å². The van der Waals surface area contributed by atoms with Gasteiger partial charge in [0.05, 0.1) is 17.6 Å². The van der Waals surface area contributed by atoms with Crippen LogP contribution in [-0.4, -0.2) is 28.6 Å². The van der Waals surface area contributed by atoms with Crippen LogP contribution >= 0.6 is 23.2 Å². The van der Waals surface area contributed by atoms with E-state index in [2.05, 4.69) is 60.7 Å². The van der Waals surface area contributed by atoms with Crippen molar-refractivity contribution in [3.63, 3.8) is 0 Å². The molecule has 0 radical (unpaired) electrons. The Kier molecular flexibility index (Phi) is 6.87. The molecule has 2 unspecified atom stereocenters. The van der Waals surface area contributed by atoms with Crippen LogP contribution in [0.2, 0.25) is 12.1 Å². The van der Waals surface area contributed by atoms with Gasteiger partial charge in [-0.1, -0.05) is 83.1 Å². The van der Waals surface area contributed by atoms with E-state index in [1.54, 1.807) is 0 Å². The molecule has 0 nitrogen and oxygen atoms in total. The summed E-state index contributed by atoms with van der Waals surface area (Å²) in [6.45, 7) is 0. The van der Waals surface area contributed by atoms with Crippen molar-refractivity contribution < 1.29 is 0 Å². The lowest BCUT2D eigenvalue weighted by Gasteiger charge is -2.17. The molecule has 0 aliphatic rings. The highest BCUT2D eigenvalue weighted by atomic mass is 35.5. The zero-order valence-corrected chi connectivity index (χ0v) is 15.3. The highest BCUT2D eigenvalue weighted by Crippen LogP contribution is 2.08.